The largest absolute Gasteiger partial charge is 0.480 e. The number of alkyl halides is 3. The molecule has 0 fully saturated rings. The van der Waals surface area contributed by atoms with Crippen molar-refractivity contribution >= 4 is 17.6 Å². The number of amides is 1. The minimum Gasteiger partial charge on any atom is -0.480 e. The first kappa shape index (κ1) is 18.0. The highest BCUT2D eigenvalue weighted by molar-refractivity contribution is 6.06. The third-order valence-corrected chi connectivity index (χ3v) is 2.66. The maximum absolute atomic E-state index is 12.6. The van der Waals surface area contributed by atoms with Crippen molar-refractivity contribution < 1.29 is 27.9 Å². The van der Waals surface area contributed by atoms with Gasteiger partial charge in [0.2, 0.25) is 0 Å². The van der Waals surface area contributed by atoms with E-state index in [0.717, 1.165) is 24.4 Å². The SMILES string of the molecule is CC(N/C=C(/C#N)C(=O)Nc1cccc(C(F)(F)F)c1)C(=O)O. The van der Waals surface area contributed by atoms with Crippen LogP contribution in [0.4, 0.5) is 18.9 Å². The summed E-state index contributed by atoms with van der Waals surface area (Å²) in [4.78, 5) is 22.4. The van der Waals surface area contributed by atoms with Crippen LogP contribution in [0.15, 0.2) is 36.0 Å². The van der Waals surface area contributed by atoms with Crippen LogP contribution < -0.4 is 10.6 Å². The third-order valence-electron chi connectivity index (χ3n) is 2.66. The smallest absolute Gasteiger partial charge is 0.416 e. The minimum absolute atomic E-state index is 0.141. The molecular formula is C14H12F3N3O3. The maximum Gasteiger partial charge on any atom is 0.416 e. The summed E-state index contributed by atoms with van der Waals surface area (Å²) in [5.41, 5.74) is -1.57. The quantitative estimate of drug-likeness (QED) is 0.568. The van der Waals surface area contributed by atoms with Gasteiger partial charge in [-0.05, 0) is 25.1 Å². The Kier molecular flexibility index (Phi) is 5.73. The molecule has 0 radical (unpaired) electrons. The van der Waals surface area contributed by atoms with Crippen LogP contribution in [0.5, 0.6) is 0 Å². The van der Waals surface area contributed by atoms with Crippen molar-refractivity contribution in [3.63, 3.8) is 0 Å². The predicted molar refractivity (Wildman–Crippen MR) is 74.0 cm³/mol. The van der Waals surface area contributed by atoms with Gasteiger partial charge in [0.05, 0.1) is 5.56 Å². The van der Waals surface area contributed by atoms with Gasteiger partial charge in [-0.15, -0.1) is 0 Å². The van der Waals surface area contributed by atoms with E-state index in [2.05, 4.69) is 10.6 Å². The van der Waals surface area contributed by atoms with Gasteiger partial charge < -0.3 is 15.7 Å². The van der Waals surface area contributed by atoms with E-state index in [1.165, 1.54) is 19.1 Å². The Balaban J connectivity index is 2.87. The molecule has 0 saturated carbocycles. The number of aliphatic carboxylic acids is 1. The zero-order valence-corrected chi connectivity index (χ0v) is 11.8. The maximum atomic E-state index is 12.6. The number of halogens is 3. The molecule has 0 aliphatic heterocycles. The molecule has 1 aromatic rings. The van der Waals surface area contributed by atoms with Gasteiger partial charge in [-0.2, -0.15) is 18.4 Å². The lowest BCUT2D eigenvalue weighted by molar-refractivity contribution is -0.139. The van der Waals surface area contributed by atoms with Crippen LogP contribution in [0.25, 0.3) is 0 Å². The third kappa shape index (κ3) is 5.35. The second-order valence-electron chi connectivity index (χ2n) is 4.43. The average Bonchev–Trinajstić information content (AvgIpc) is 2.46. The number of nitriles is 1. The van der Waals surface area contributed by atoms with Crippen LogP contribution in [0, 0.1) is 11.3 Å². The molecule has 23 heavy (non-hydrogen) atoms. The van der Waals surface area contributed by atoms with Crippen LogP contribution in [0.3, 0.4) is 0 Å². The Labute approximate surface area is 129 Å². The van der Waals surface area contributed by atoms with Gasteiger partial charge in [-0.3, -0.25) is 9.59 Å². The van der Waals surface area contributed by atoms with Gasteiger partial charge in [0.25, 0.3) is 5.91 Å². The number of anilines is 1. The van der Waals surface area contributed by atoms with Gasteiger partial charge in [0.1, 0.15) is 17.7 Å². The lowest BCUT2D eigenvalue weighted by atomic mass is 10.2. The van der Waals surface area contributed by atoms with Crippen LogP contribution in [-0.4, -0.2) is 23.0 Å². The molecular weight excluding hydrogens is 315 g/mol. The number of nitrogens with one attached hydrogen (secondary N) is 2. The molecule has 0 saturated heterocycles. The molecule has 6 nitrogen and oxygen atoms in total. The molecule has 0 spiro atoms. The number of carboxylic acids is 1. The first-order valence-corrected chi connectivity index (χ1v) is 6.23. The van der Waals surface area contributed by atoms with Crippen molar-refractivity contribution in [1.82, 2.24) is 5.32 Å². The van der Waals surface area contributed by atoms with Crippen molar-refractivity contribution in [2.24, 2.45) is 0 Å². The topological polar surface area (TPSA) is 102 Å². The Bertz CT molecular complexity index is 678. The van der Waals surface area contributed by atoms with E-state index in [0.29, 0.717) is 0 Å². The molecule has 1 atom stereocenters. The molecule has 0 bridgehead atoms. The zero-order valence-electron chi connectivity index (χ0n) is 11.8. The normalized spacial score (nSPS) is 12.9. The van der Waals surface area contributed by atoms with Crippen LogP contribution in [0.1, 0.15) is 12.5 Å². The van der Waals surface area contributed by atoms with Crippen molar-refractivity contribution in [2.75, 3.05) is 5.32 Å². The van der Waals surface area contributed by atoms with Gasteiger partial charge >= 0.3 is 12.1 Å². The average molecular weight is 327 g/mol. The summed E-state index contributed by atoms with van der Waals surface area (Å²) in [6.45, 7) is 1.29. The minimum atomic E-state index is -4.56. The number of rotatable bonds is 5. The fourth-order valence-electron chi connectivity index (χ4n) is 1.40. The van der Waals surface area contributed by atoms with E-state index in [1.807, 2.05) is 0 Å². The summed E-state index contributed by atoms with van der Waals surface area (Å²) in [7, 11) is 0. The second kappa shape index (κ2) is 7.31. The van der Waals surface area contributed by atoms with E-state index >= 15 is 0 Å². The van der Waals surface area contributed by atoms with Crippen molar-refractivity contribution in [3.8, 4) is 6.07 Å². The summed E-state index contributed by atoms with van der Waals surface area (Å²) in [6.07, 6.45) is -3.67. The highest BCUT2D eigenvalue weighted by Gasteiger charge is 2.30. The molecule has 1 rings (SSSR count). The number of carbonyl (C=O) groups is 2. The molecule has 122 valence electrons. The van der Waals surface area contributed by atoms with Crippen molar-refractivity contribution in [2.45, 2.75) is 19.1 Å². The fraction of sp³-hybridized carbons (Fsp3) is 0.214. The Hall–Kier alpha value is -3.02. The van der Waals surface area contributed by atoms with Crippen LogP contribution in [-0.2, 0) is 15.8 Å². The number of carboxylic acid groups (broad SMARTS) is 1. The highest BCUT2D eigenvalue weighted by atomic mass is 19.4. The Morgan fingerprint density at radius 3 is 2.57 bits per heavy atom. The van der Waals surface area contributed by atoms with Crippen LogP contribution >= 0.6 is 0 Å². The Morgan fingerprint density at radius 2 is 2.04 bits per heavy atom. The van der Waals surface area contributed by atoms with Gasteiger partial charge in [-0.1, -0.05) is 6.07 Å². The summed E-state index contributed by atoms with van der Waals surface area (Å²) >= 11 is 0. The highest BCUT2D eigenvalue weighted by Crippen LogP contribution is 2.30. The number of hydrogen-bond acceptors (Lipinski definition) is 4. The number of nitrogens with zero attached hydrogens (tertiary/aromatic N) is 1. The molecule has 0 aliphatic carbocycles. The van der Waals surface area contributed by atoms with Gasteiger partial charge in [-0.25, -0.2) is 0 Å². The monoisotopic (exact) mass is 327 g/mol. The fourth-order valence-corrected chi connectivity index (χ4v) is 1.40. The lowest BCUT2D eigenvalue weighted by Gasteiger charge is -2.10. The van der Waals surface area contributed by atoms with E-state index in [4.69, 9.17) is 10.4 Å². The molecule has 0 aromatic heterocycles. The molecule has 3 N–H and O–H groups in total. The van der Waals surface area contributed by atoms with Gasteiger partial charge in [0.15, 0.2) is 0 Å². The molecule has 9 heteroatoms. The molecule has 0 heterocycles. The van der Waals surface area contributed by atoms with E-state index in [9.17, 15) is 22.8 Å². The van der Waals surface area contributed by atoms with Crippen molar-refractivity contribution in [3.05, 3.63) is 41.6 Å². The molecule has 1 amide bonds. The predicted octanol–water partition coefficient (Wildman–Crippen LogP) is 2.11. The number of hydrogen-bond donors (Lipinski definition) is 3. The van der Waals surface area contributed by atoms with Gasteiger partial charge in [0, 0.05) is 11.9 Å². The molecule has 1 unspecified atom stereocenters. The number of carbonyl (C=O) groups excluding carboxylic acids is 1. The number of benzene rings is 1. The summed E-state index contributed by atoms with van der Waals surface area (Å²) in [6, 6.07) is 4.39. The first-order chi connectivity index (χ1) is 10.6. The summed E-state index contributed by atoms with van der Waals surface area (Å²) in [5, 5.41) is 22.0. The Morgan fingerprint density at radius 1 is 1.39 bits per heavy atom. The lowest BCUT2D eigenvalue weighted by Crippen LogP contribution is -2.30. The zero-order chi connectivity index (χ0) is 17.6. The van der Waals surface area contributed by atoms with E-state index in [-0.39, 0.29) is 5.69 Å². The standard InChI is InChI=1S/C14H12F3N3O3/c1-8(13(22)23)19-7-9(6-18)12(21)20-11-4-2-3-10(5-11)14(15,16)17/h2-5,7-8,19H,1H3,(H,20,21)(H,22,23)/b9-7-. The van der Waals surface area contributed by atoms with Crippen LogP contribution in [0.2, 0.25) is 0 Å². The summed E-state index contributed by atoms with van der Waals surface area (Å²) < 4.78 is 37.7. The molecule has 0 aliphatic rings. The first-order valence-electron chi connectivity index (χ1n) is 6.23. The van der Waals surface area contributed by atoms with E-state index in [1.54, 1.807) is 0 Å². The summed E-state index contributed by atoms with van der Waals surface area (Å²) in [5.74, 6) is -2.16. The molecule has 1 aromatic carbocycles. The van der Waals surface area contributed by atoms with E-state index < -0.39 is 35.2 Å². The van der Waals surface area contributed by atoms with Crippen molar-refractivity contribution in [1.29, 1.82) is 5.26 Å². The second-order valence-corrected chi connectivity index (χ2v) is 4.43.